The lowest BCUT2D eigenvalue weighted by atomic mass is 9.70. The molecule has 3 fully saturated rings. The van der Waals surface area contributed by atoms with Crippen LogP contribution in [0.5, 0.6) is 0 Å². The predicted molar refractivity (Wildman–Crippen MR) is 89.8 cm³/mol. The molecule has 0 spiro atoms. The van der Waals surface area contributed by atoms with Crippen molar-refractivity contribution in [2.24, 2.45) is 22.7 Å². The maximum absolute atomic E-state index is 12.7. The number of aliphatic hydroxyl groups excluding tert-OH is 1. The van der Waals surface area contributed by atoms with Crippen molar-refractivity contribution in [3.8, 4) is 0 Å². The number of nitrogens with one attached hydrogen (secondary N) is 1. The Morgan fingerprint density at radius 3 is 2.52 bits per heavy atom. The van der Waals surface area contributed by atoms with Crippen molar-refractivity contribution in [1.82, 2.24) is 5.32 Å². The Kier molecular flexibility index (Phi) is 3.19. The summed E-state index contributed by atoms with van der Waals surface area (Å²) in [5.74, 6) is 0.963. The van der Waals surface area contributed by atoms with Crippen molar-refractivity contribution in [2.75, 3.05) is 0 Å². The highest BCUT2D eigenvalue weighted by Gasteiger charge is 2.66. The molecule has 2 bridgehead atoms. The molecule has 3 aliphatic carbocycles. The molecule has 0 unspecified atom stereocenters. The zero-order chi connectivity index (χ0) is 16.4. The van der Waals surface area contributed by atoms with Crippen molar-refractivity contribution < 1.29 is 9.90 Å². The summed E-state index contributed by atoms with van der Waals surface area (Å²) in [4.78, 5) is 12.7. The minimum atomic E-state index is -0.422. The first kappa shape index (κ1) is 15.2. The van der Waals surface area contributed by atoms with Crippen molar-refractivity contribution >= 4 is 5.91 Å². The van der Waals surface area contributed by atoms with Gasteiger partial charge in [0.2, 0.25) is 5.91 Å². The predicted octanol–water partition coefficient (Wildman–Crippen LogP) is 3.09. The van der Waals surface area contributed by atoms with Crippen LogP contribution in [-0.4, -0.2) is 23.2 Å². The van der Waals surface area contributed by atoms with Gasteiger partial charge in [-0.1, -0.05) is 51.1 Å². The summed E-state index contributed by atoms with van der Waals surface area (Å²) in [6.45, 7) is 6.70. The number of hydrogen-bond donors (Lipinski definition) is 2. The van der Waals surface area contributed by atoms with Crippen LogP contribution in [0.1, 0.15) is 51.5 Å². The van der Waals surface area contributed by atoms with Gasteiger partial charge in [0.1, 0.15) is 0 Å². The molecule has 0 aliphatic heterocycles. The molecule has 6 atom stereocenters. The first-order valence-corrected chi connectivity index (χ1v) is 8.89. The van der Waals surface area contributed by atoms with Gasteiger partial charge in [0.05, 0.1) is 12.1 Å². The minimum absolute atomic E-state index is 0.0714. The van der Waals surface area contributed by atoms with Crippen molar-refractivity contribution in [1.29, 1.82) is 0 Å². The topological polar surface area (TPSA) is 49.3 Å². The van der Waals surface area contributed by atoms with Crippen LogP contribution in [0.4, 0.5) is 0 Å². The molecular formula is C20H27NO2. The summed E-state index contributed by atoms with van der Waals surface area (Å²) in [5, 5.41) is 14.0. The summed E-state index contributed by atoms with van der Waals surface area (Å²) >= 11 is 0. The van der Waals surface area contributed by atoms with Gasteiger partial charge in [-0.3, -0.25) is 4.79 Å². The van der Waals surface area contributed by atoms with Crippen LogP contribution < -0.4 is 5.32 Å². The number of carbonyl (C=O) groups is 1. The molecule has 0 saturated heterocycles. The van der Waals surface area contributed by atoms with E-state index >= 15 is 0 Å². The Morgan fingerprint density at radius 1 is 1.22 bits per heavy atom. The smallest absolute Gasteiger partial charge is 0.224 e. The fraction of sp³-hybridized carbons (Fsp3) is 0.650. The van der Waals surface area contributed by atoms with E-state index in [1.807, 2.05) is 18.2 Å². The molecule has 124 valence electrons. The van der Waals surface area contributed by atoms with Crippen LogP contribution in [-0.2, 0) is 4.79 Å². The molecule has 0 radical (unpaired) electrons. The molecule has 1 aromatic rings. The van der Waals surface area contributed by atoms with E-state index in [2.05, 4.69) is 38.2 Å². The standard InChI is InChI=1S/C20H27NO2/c1-19(2)15-9-10-20(19,3)17(22)16(15)21-18(23)14-11-13(14)12-7-5-4-6-8-12/h4-8,13-17,22H,9-11H2,1-3H3,(H,21,23)/t13-,14+,15-,16-,17-,20+/m1/s1. The fourth-order valence-corrected chi connectivity index (χ4v) is 5.34. The Morgan fingerprint density at radius 2 is 1.91 bits per heavy atom. The highest BCUT2D eigenvalue weighted by molar-refractivity contribution is 5.83. The van der Waals surface area contributed by atoms with Gasteiger partial charge in [0, 0.05) is 11.3 Å². The van der Waals surface area contributed by atoms with E-state index in [1.165, 1.54) is 5.56 Å². The van der Waals surface area contributed by atoms with Gasteiger partial charge in [-0.05, 0) is 42.1 Å². The molecule has 3 nitrogen and oxygen atoms in total. The Labute approximate surface area is 138 Å². The van der Waals surface area contributed by atoms with Crippen LogP contribution in [0.3, 0.4) is 0 Å². The SMILES string of the molecule is CC1(C)[C@@H]2CC[C@@]1(C)[C@H](O)[C@@H]2NC(=O)[C@H]1C[C@@H]1c1ccccc1. The highest BCUT2D eigenvalue weighted by atomic mass is 16.3. The van der Waals surface area contributed by atoms with Gasteiger partial charge in [0.15, 0.2) is 0 Å². The first-order chi connectivity index (χ1) is 10.9. The van der Waals surface area contributed by atoms with Crippen LogP contribution in [0.2, 0.25) is 0 Å². The lowest BCUT2D eigenvalue weighted by Gasteiger charge is -2.37. The molecule has 3 heteroatoms. The second kappa shape index (κ2) is 4.83. The van der Waals surface area contributed by atoms with Crippen LogP contribution in [0.25, 0.3) is 0 Å². The fourth-order valence-electron chi connectivity index (χ4n) is 5.34. The molecule has 3 aliphatic rings. The molecule has 0 aromatic heterocycles. The summed E-state index contributed by atoms with van der Waals surface area (Å²) in [7, 11) is 0. The van der Waals surface area contributed by atoms with E-state index in [4.69, 9.17) is 0 Å². The number of rotatable bonds is 3. The average Bonchev–Trinajstić information content (AvgIpc) is 3.27. The molecule has 2 N–H and O–H groups in total. The molecule has 1 aromatic carbocycles. The van der Waals surface area contributed by atoms with E-state index < -0.39 is 6.10 Å². The summed E-state index contributed by atoms with van der Waals surface area (Å²) < 4.78 is 0. The Balaban J connectivity index is 1.45. The number of hydrogen-bond acceptors (Lipinski definition) is 2. The van der Waals surface area contributed by atoms with Gasteiger partial charge in [0.25, 0.3) is 0 Å². The lowest BCUT2D eigenvalue weighted by Crippen LogP contribution is -2.49. The average molecular weight is 313 g/mol. The van der Waals surface area contributed by atoms with Crippen LogP contribution >= 0.6 is 0 Å². The van der Waals surface area contributed by atoms with Gasteiger partial charge in [-0.25, -0.2) is 0 Å². The molecule has 4 rings (SSSR count). The third kappa shape index (κ3) is 2.02. The Bertz CT molecular complexity index is 626. The van der Waals surface area contributed by atoms with Crippen LogP contribution in [0.15, 0.2) is 30.3 Å². The summed E-state index contributed by atoms with van der Waals surface area (Å²) in [6, 6.07) is 10.2. The largest absolute Gasteiger partial charge is 0.390 e. The minimum Gasteiger partial charge on any atom is -0.390 e. The zero-order valence-corrected chi connectivity index (χ0v) is 14.3. The number of aliphatic hydroxyl groups is 1. The Hall–Kier alpha value is -1.35. The van der Waals surface area contributed by atoms with Crippen molar-refractivity contribution in [3.05, 3.63) is 35.9 Å². The van der Waals surface area contributed by atoms with Gasteiger partial charge in [-0.2, -0.15) is 0 Å². The third-order valence-electron chi connectivity index (χ3n) is 7.46. The van der Waals surface area contributed by atoms with E-state index in [1.54, 1.807) is 0 Å². The normalized spacial score (nSPS) is 43.4. The quantitative estimate of drug-likeness (QED) is 0.901. The number of fused-ring (bicyclic) bond motifs is 2. The molecule has 0 heterocycles. The maximum Gasteiger partial charge on any atom is 0.224 e. The molecular weight excluding hydrogens is 286 g/mol. The summed E-state index contributed by atoms with van der Waals surface area (Å²) in [6.07, 6.45) is 2.69. The lowest BCUT2D eigenvalue weighted by molar-refractivity contribution is -0.124. The third-order valence-corrected chi connectivity index (χ3v) is 7.46. The van der Waals surface area contributed by atoms with E-state index in [0.29, 0.717) is 11.8 Å². The van der Waals surface area contributed by atoms with Crippen molar-refractivity contribution in [3.63, 3.8) is 0 Å². The van der Waals surface area contributed by atoms with E-state index in [9.17, 15) is 9.90 Å². The van der Waals surface area contributed by atoms with Crippen LogP contribution in [0, 0.1) is 22.7 Å². The number of amides is 1. The number of carbonyl (C=O) groups excluding carboxylic acids is 1. The van der Waals surface area contributed by atoms with Gasteiger partial charge >= 0.3 is 0 Å². The summed E-state index contributed by atoms with van der Waals surface area (Å²) in [5.41, 5.74) is 1.28. The zero-order valence-electron chi connectivity index (χ0n) is 14.3. The van der Waals surface area contributed by atoms with Gasteiger partial charge < -0.3 is 10.4 Å². The maximum atomic E-state index is 12.7. The second-order valence-corrected chi connectivity index (χ2v) is 8.62. The highest BCUT2D eigenvalue weighted by Crippen LogP contribution is 2.65. The molecule has 1 amide bonds. The van der Waals surface area contributed by atoms with E-state index in [0.717, 1.165) is 19.3 Å². The number of benzene rings is 1. The van der Waals surface area contributed by atoms with E-state index in [-0.39, 0.29) is 28.7 Å². The second-order valence-electron chi connectivity index (χ2n) is 8.62. The van der Waals surface area contributed by atoms with Gasteiger partial charge in [-0.15, -0.1) is 0 Å². The molecule has 23 heavy (non-hydrogen) atoms. The molecule has 3 saturated carbocycles. The van der Waals surface area contributed by atoms with Crippen molar-refractivity contribution in [2.45, 2.75) is 58.1 Å². The monoisotopic (exact) mass is 313 g/mol. The first-order valence-electron chi connectivity index (χ1n) is 8.89.